The third-order valence-corrected chi connectivity index (χ3v) is 7.52. The standard InChI is InChI=1S/3C11H8BrN.Ir/c3*12-10-6-2-1-5-9(10)11-7-3-4-8-13-11;/h3*1-8H;/q;;;+3. The van der Waals surface area contributed by atoms with Gasteiger partial charge < -0.3 is 0 Å². The van der Waals surface area contributed by atoms with E-state index in [-0.39, 0.29) is 20.1 Å². The Morgan fingerprint density at radius 3 is 0.800 bits per heavy atom. The van der Waals surface area contributed by atoms with E-state index in [1.54, 1.807) is 18.6 Å². The Kier molecular flexibility index (Phi) is 13.6. The molecule has 0 aliphatic rings. The molecule has 6 aromatic rings. The minimum absolute atomic E-state index is 0. The molecule has 0 fully saturated rings. The summed E-state index contributed by atoms with van der Waals surface area (Å²) in [5, 5.41) is 0. The first-order chi connectivity index (χ1) is 19.1. The van der Waals surface area contributed by atoms with Crippen LogP contribution in [0.25, 0.3) is 33.8 Å². The fourth-order valence-corrected chi connectivity index (χ4v) is 5.04. The van der Waals surface area contributed by atoms with E-state index in [1.807, 2.05) is 127 Å². The summed E-state index contributed by atoms with van der Waals surface area (Å²) in [5.41, 5.74) is 6.37. The molecule has 7 heteroatoms. The number of hydrogen-bond donors (Lipinski definition) is 0. The molecule has 0 amide bonds. The maximum Gasteiger partial charge on any atom is 3.00 e. The molecule has 0 atom stereocenters. The van der Waals surface area contributed by atoms with Crippen LogP contribution in [0.3, 0.4) is 0 Å². The minimum atomic E-state index is 0. The molecule has 0 unspecified atom stereocenters. The molecule has 0 bridgehead atoms. The average molecular weight is 895 g/mol. The SMILES string of the molecule is Brc1ccccc1-c1ccccn1.Brc1ccccc1-c1ccccn1.Brc1ccccc1-c1ccccn1.[Ir+3]. The van der Waals surface area contributed by atoms with E-state index in [4.69, 9.17) is 0 Å². The normalized spacial score (nSPS) is 9.68. The van der Waals surface area contributed by atoms with Gasteiger partial charge in [0, 0.05) is 48.7 Å². The van der Waals surface area contributed by atoms with E-state index in [9.17, 15) is 0 Å². The van der Waals surface area contributed by atoms with Gasteiger partial charge in [-0.25, -0.2) is 0 Å². The van der Waals surface area contributed by atoms with Gasteiger partial charge in [0.2, 0.25) is 0 Å². The van der Waals surface area contributed by atoms with Gasteiger partial charge in [-0.2, -0.15) is 0 Å². The fourth-order valence-electron chi connectivity index (χ4n) is 3.57. The second-order valence-corrected chi connectivity index (χ2v) is 10.6. The second-order valence-electron chi connectivity index (χ2n) is 8.08. The first-order valence-electron chi connectivity index (χ1n) is 12.1. The summed E-state index contributed by atoms with van der Waals surface area (Å²) in [6.07, 6.45) is 5.40. The minimum Gasteiger partial charge on any atom is -0.256 e. The number of hydrogen-bond acceptors (Lipinski definition) is 3. The van der Waals surface area contributed by atoms with Crippen LogP contribution < -0.4 is 0 Å². The Hall–Kier alpha value is -2.80. The molecule has 0 saturated heterocycles. The van der Waals surface area contributed by atoms with Gasteiger partial charge in [0.25, 0.3) is 0 Å². The van der Waals surface area contributed by atoms with Crippen LogP contribution in [0.5, 0.6) is 0 Å². The second kappa shape index (κ2) is 17.1. The van der Waals surface area contributed by atoms with E-state index in [0.29, 0.717) is 0 Å². The number of benzene rings is 3. The zero-order valence-electron chi connectivity index (χ0n) is 21.2. The number of rotatable bonds is 3. The number of nitrogens with zero attached hydrogens (tertiary/aromatic N) is 3. The van der Waals surface area contributed by atoms with E-state index in [2.05, 4.69) is 62.7 Å². The Bertz CT molecular complexity index is 1390. The third kappa shape index (κ3) is 9.39. The van der Waals surface area contributed by atoms with Crippen molar-refractivity contribution in [2.75, 3.05) is 0 Å². The molecule has 0 aliphatic heterocycles. The van der Waals surface area contributed by atoms with Crippen molar-refractivity contribution in [3.05, 3.63) is 159 Å². The summed E-state index contributed by atoms with van der Waals surface area (Å²) in [6.45, 7) is 0. The summed E-state index contributed by atoms with van der Waals surface area (Å²) >= 11 is 10.5. The van der Waals surface area contributed by atoms with Crippen molar-refractivity contribution in [1.29, 1.82) is 0 Å². The van der Waals surface area contributed by atoms with Crippen LogP contribution in [0.1, 0.15) is 0 Å². The molecule has 198 valence electrons. The largest absolute Gasteiger partial charge is 3.00 e. The van der Waals surface area contributed by atoms with Gasteiger partial charge in [-0.05, 0) is 54.6 Å². The van der Waals surface area contributed by atoms with Crippen LogP contribution in [0.15, 0.2) is 159 Å². The summed E-state index contributed by atoms with van der Waals surface area (Å²) < 4.78 is 3.23. The van der Waals surface area contributed by atoms with E-state index < -0.39 is 0 Å². The Morgan fingerprint density at radius 2 is 0.575 bits per heavy atom. The summed E-state index contributed by atoms with van der Waals surface area (Å²) in [7, 11) is 0. The van der Waals surface area contributed by atoms with Gasteiger partial charge in [-0.15, -0.1) is 0 Å². The van der Waals surface area contributed by atoms with Crippen LogP contribution in [-0.2, 0) is 20.1 Å². The monoisotopic (exact) mass is 892 g/mol. The molecule has 0 aliphatic carbocycles. The molecule has 3 aromatic carbocycles. The smallest absolute Gasteiger partial charge is 0.256 e. The Morgan fingerprint density at radius 1 is 0.325 bits per heavy atom. The molecule has 0 radical (unpaired) electrons. The predicted molar refractivity (Wildman–Crippen MR) is 172 cm³/mol. The van der Waals surface area contributed by atoms with Gasteiger partial charge >= 0.3 is 20.1 Å². The van der Waals surface area contributed by atoms with Gasteiger partial charge in [0.15, 0.2) is 0 Å². The van der Waals surface area contributed by atoms with Crippen LogP contribution >= 0.6 is 47.8 Å². The molecule has 3 heterocycles. The number of aromatic nitrogens is 3. The first kappa shape index (κ1) is 31.7. The fraction of sp³-hybridized carbons (Fsp3) is 0. The van der Waals surface area contributed by atoms with Crippen LogP contribution in [0.4, 0.5) is 0 Å². The van der Waals surface area contributed by atoms with Gasteiger partial charge in [0.1, 0.15) is 0 Å². The summed E-state index contributed by atoms with van der Waals surface area (Å²) in [6, 6.07) is 41.9. The van der Waals surface area contributed by atoms with Crippen molar-refractivity contribution in [3.8, 4) is 33.8 Å². The van der Waals surface area contributed by atoms with Gasteiger partial charge in [-0.3, -0.25) is 15.0 Å². The molecular formula is C33H24Br3IrN3+3. The molecular weight excluding hydrogens is 870 g/mol. The molecule has 0 saturated carbocycles. The molecule has 0 N–H and O–H groups in total. The quantitative estimate of drug-likeness (QED) is 0.178. The summed E-state index contributed by atoms with van der Waals surface area (Å²) in [4.78, 5) is 12.8. The van der Waals surface area contributed by atoms with Crippen molar-refractivity contribution in [1.82, 2.24) is 15.0 Å². The first-order valence-corrected chi connectivity index (χ1v) is 14.5. The van der Waals surface area contributed by atoms with Crippen molar-refractivity contribution in [2.45, 2.75) is 0 Å². The van der Waals surface area contributed by atoms with Crippen molar-refractivity contribution >= 4 is 47.8 Å². The van der Waals surface area contributed by atoms with Crippen LogP contribution in [0.2, 0.25) is 0 Å². The molecule has 0 spiro atoms. The molecule has 6 rings (SSSR count). The predicted octanol–water partition coefficient (Wildman–Crippen LogP) is 10.5. The van der Waals surface area contributed by atoms with E-state index in [1.165, 1.54) is 0 Å². The van der Waals surface area contributed by atoms with E-state index in [0.717, 1.165) is 47.2 Å². The van der Waals surface area contributed by atoms with Crippen LogP contribution in [-0.4, -0.2) is 15.0 Å². The maximum absolute atomic E-state index is 4.28. The topological polar surface area (TPSA) is 38.7 Å². The van der Waals surface area contributed by atoms with Crippen molar-refractivity contribution < 1.29 is 20.1 Å². The third-order valence-electron chi connectivity index (χ3n) is 5.44. The Balaban J connectivity index is 0.000000163. The van der Waals surface area contributed by atoms with E-state index >= 15 is 0 Å². The maximum atomic E-state index is 4.28. The van der Waals surface area contributed by atoms with Gasteiger partial charge in [-0.1, -0.05) is 121 Å². The average Bonchev–Trinajstić information content (AvgIpc) is 3.00. The van der Waals surface area contributed by atoms with Gasteiger partial charge in [0.05, 0.1) is 17.1 Å². The number of pyridine rings is 3. The Labute approximate surface area is 273 Å². The molecule has 3 aromatic heterocycles. The summed E-state index contributed by atoms with van der Waals surface area (Å²) in [5.74, 6) is 0. The zero-order chi connectivity index (χ0) is 27.3. The molecule has 3 nitrogen and oxygen atoms in total. The number of halogens is 3. The van der Waals surface area contributed by atoms with Crippen molar-refractivity contribution in [2.24, 2.45) is 0 Å². The van der Waals surface area contributed by atoms with Crippen LogP contribution in [0, 0.1) is 0 Å². The van der Waals surface area contributed by atoms with Crippen molar-refractivity contribution in [3.63, 3.8) is 0 Å². The zero-order valence-corrected chi connectivity index (χ0v) is 28.3. The molecule has 40 heavy (non-hydrogen) atoms.